The topological polar surface area (TPSA) is 41.6 Å². The van der Waals surface area contributed by atoms with Gasteiger partial charge in [0.1, 0.15) is 5.82 Å². The van der Waals surface area contributed by atoms with Crippen LogP contribution in [0.3, 0.4) is 0 Å². The number of hydrogen-bond acceptors (Lipinski definition) is 4. The van der Waals surface area contributed by atoms with Crippen molar-refractivity contribution in [3.8, 4) is 0 Å². The van der Waals surface area contributed by atoms with Gasteiger partial charge < -0.3 is 15.0 Å². The molecular formula is C20H29FN2O2. The molecule has 1 saturated heterocycles. The zero-order valence-electron chi connectivity index (χ0n) is 15.7. The minimum atomic E-state index is -0.451. The van der Waals surface area contributed by atoms with Crippen LogP contribution >= 0.6 is 0 Å². The molecule has 0 spiro atoms. The lowest BCUT2D eigenvalue weighted by Crippen LogP contribution is -2.25. The number of nitrogens with zero attached hydrogens (tertiary/aromatic N) is 1. The Kier molecular flexibility index (Phi) is 5.21. The Morgan fingerprint density at radius 1 is 1.40 bits per heavy atom. The first-order valence-corrected chi connectivity index (χ1v) is 9.47. The Morgan fingerprint density at radius 3 is 2.64 bits per heavy atom. The molecule has 25 heavy (non-hydrogen) atoms. The Balaban J connectivity index is 2.13. The van der Waals surface area contributed by atoms with Gasteiger partial charge in [-0.1, -0.05) is 20.8 Å². The summed E-state index contributed by atoms with van der Waals surface area (Å²) in [4.78, 5) is 14.6. The molecular weight excluding hydrogens is 319 g/mol. The van der Waals surface area contributed by atoms with Gasteiger partial charge in [0.15, 0.2) is 0 Å². The lowest BCUT2D eigenvalue weighted by molar-refractivity contribution is 0.0527. The maximum absolute atomic E-state index is 15.1. The molecule has 1 saturated carbocycles. The quantitative estimate of drug-likeness (QED) is 0.766. The van der Waals surface area contributed by atoms with E-state index in [1.165, 1.54) is 6.07 Å². The summed E-state index contributed by atoms with van der Waals surface area (Å²) in [6.45, 7) is 10.1. The van der Waals surface area contributed by atoms with E-state index in [1.54, 1.807) is 6.92 Å². The van der Waals surface area contributed by atoms with Crippen LogP contribution in [0.4, 0.5) is 15.8 Å². The normalized spacial score (nSPS) is 20.2. The van der Waals surface area contributed by atoms with Gasteiger partial charge in [0.25, 0.3) is 0 Å². The van der Waals surface area contributed by atoms with Crippen LogP contribution in [-0.4, -0.2) is 31.7 Å². The SMILES string of the molecule is CCOC(=O)c1cc(F)c(N2CCC(C)C2)c(C(C)C)c1NC1CC1. The molecule has 3 rings (SSSR count). The third kappa shape index (κ3) is 3.75. The monoisotopic (exact) mass is 348 g/mol. The molecule has 0 radical (unpaired) electrons. The molecule has 5 heteroatoms. The molecule has 2 aliphatic rings. The van der Waals surface area contributed by atoms with Gasteiger partial charge in [-0.25, -0.2) is 9.18 Å². The van der Waals surface area contributed by atoms with Crippen LogP contribution in [0.25, 0.3) is 0 Å². The third-order valence-electron chi connectivity index (χ3n) is 5.03. The summed E-state index contributed by atoms with van der Waals surface area (Å²) < 4.78 is 20.3. The highest BCUT2D eigenvalue weighted by atomic mass is 19.1. The summed E-state index contributed by atoms with van der Waals surface area (Å²) in [5, 5.41) is 3.48. The van der Waals surface area contributed by atoms with E-state index in [1.807, 2.05) is 0 Å². The number of halogens is 1. The van der Waals surface area contributed by atoms with Crippen LogP contribution in [0.5, 0.6) is 0 Å². The highest BCUT2D eigenvalue weighted by Crippen LogP contribution is 2.42. The largest absolute Gasteiger partial charge is 0.462 e. The summed E-state index contributed by atoms with van der Waals surface area (Å²) >= 11 is 0. The zero-order chi connectivity index (χ0) is 18.1. The van der Waals surface area contributed by atoms with Crippen molar-refractivity contribution in [1.82, 2.24) is 0 Å². The van der Waals surface area contributed by atoms with Crippen LogP contribution in [0.1, 0.15) is 68.8 Å². The van der Waals surface area contributed by atoms with Crippen LogP contribution < -0.4 is 10.2 Å². The number of ether oxygens (including phenoxy) is 1. The van der Waals surface area contributed by atoms with Crippen molar-refractivity contribution in [2.45, 2.75) is 58.9 Å². The van der Waals surface area contributed by atoms with Gasteiger partial charge in [-0.2, -0.15) is 0 Å². The fourth-order valence-electron chi connectivity index (χ4n) is 3.64. The molecule has 1 aromatic carbocycles. The Bertz CT molecular complexity index is 656. The number of rotatable bonds is 6. The summed E-state index contributed by atoms with van der Waals surface area (Å²) in [5.74, 6) is -0.102. The van der Waals surface area contributed by atoms with Crippen LogP contribution in [-0.2, 0) is 4.74 Å². The number of carbonyl (C=O) groups excluding carboxylic acids is 1. The van der Waals surface area contributed by atoms with Gasteiger partial charge >= 0.3 is 5.97 Å². The zero-order valence-corrected chi connectivity index (χ0v) is 15.7. The van der Waals surface area contributed by atoms with Gasteiger partial charge in [0.2, 0.25) is 0 Å². The van der Waals surface area contributed by atoms with E-state index in [2.05, 4.69) is 31.0 Å². The molecule has 0 bridgehead atoms. The summed E-state index contributed by atoms with van der Waals surface area (Å²) in [7, 11) is 0. The highest BCUT2D eigenvalue weighted by Gasteiger charge is 2.32. The molecule has 138 valence electrons. The minimum absolute atomic E-state index is 0.107. The Labute approximate surface area is 149 Å². The van der Waals surface area contributed by atoms with Crippen LogP contribution in [0, 0.1) is 11.7 Å². The Morgan fingerprint density at radius 2 is 2.12 bits per heavy atom. The molecule has 1 atom stereocenters. The van der Waals surface area contributed by atoms with Gasteiger partial charge in [-0.05, 0) is 44.1 Å². The van der Waals surface area contributed by atoms with E-state index in [0.717, 1.165) is 43.6 Å². The predicted octanol–water partition coefficient (Wildman–Crippen LogP) is 4.55. The number of benzene rings is 1. The van der Waals surface area contributed by atoms with Gasteiger partial charge in [0.05, 0.1) is 23.5 Å². The number of carbonyl (C=O) groups is 1. The average molecular weight is 348 g/mol. The first-order valence-electron chi connectivity index (χ1n) is 9.47. The maximum atomic E-state index is 15.1. The molecule has 1 unspecified atom stereocenters. The maximum Gasteiger partial charge on any atom is 0.340 e. The van der Waals surface area contributed by atoms with Crippen LogP contribution in [0.2, 0.25) is 0 Å². The van der Waals surface area contributed by atoms with E-state index in [9.17, 15) is 4.79 Å². The average Bonchev–Trinajstić information content (AvgIpc) is 3.27. The fraction of sp³-hybridized carbons (Fsp3) is 0.650. The van der Waals surface area contributed by atoms with Crippen molar-refractivity contribution in [3.05, 3.63) is 23.0 Å². The Hall–Kier alpha value is -1.78. The third-order valence-corrected chi connectivity index (χ3v) is 5.03. The van der Waals surface area contributed by atoms with Crippen molar-refractivity contribution in [2.75, 3.05) is 29.9 Å². The van der Waals surface area contributed by atoms with Gasteiger partial charge in [-0.15, -0.1) is 0 Å². The van der Waals surface area contributed by atoms with Crippen LogP contribution in [0.15, 0.2) is 6.07 Å². The number of nitrogens with one attached hydrogen (secondary N) is 1. The minimum Gasteiger partial charge on any atom is -0.462 e. The molecule has 1 heterocycles. The standard InChI is InChI=1S/C20H29FN2O2/c1-5-25-20(24)15-10-16(21)19(23-9-8-13(4)11-23)17(12(2)3)18(15)22-14-6-7-14/h10,12-14,22H,5-9,11H2,1-4H3. The van der Waals surface area contributed by atoms with Crippen molar-refractivity contribution in [3.63, 3.8) is 0 Å². The lowest BCUT2D eigenvalue weighted by atomic mass is 9.94. The van der Waals surface area contributed by atoms with E-state index >= 15 is 4.39 Å². The van der Waals surface area contributed by atoms with E-state index < -0.39 is 5.97 Å². The highest BCUT2D eigenvalue weighted by molar-refractivity contribution is 5.98. The summed E-state index contributed by atoms with van der Waals surface area (Å²) in [6.07, 6.45) is 3.25. The fourth-order valence-corrected chi connectivity index (χ4v) is 3.64. The van der Waals surface area contributed by atoms with E-state index in [-0.39, 0.29) is 18.3 Å². The molecule has 1 aliphatic heterocycles. The molecule has 4 nitrogen and oxygen atoms in total. The smallest absolute Gasteiger partial charge is 0.340 e. The first-order chi connectivity index (χ1) is 11.9. The van der Waals surface area contributed by atoms with Crippen molar-refractivity contribution in [1.29, 1.82) is 0 Å². The molecule has 2 fully saturated rings. The van der Waals surface area contributed by atoms with Crippen molar-refractivity contribution >= 4 is 17.3 Å². The second-order valence-electron chi connectivity index (χ2n) is 7.68. The first kappa shape index (κ1) is 18.0. The second-order valence-corrected chi connectivity index (χ2v) is 7.68. The van der Waals surface area contributed by atoms with Crippen molar-refractivity contribution in [2.24, 2.45) is 5.92 Å². The molecule has 0 aromatic heterocycles. The van der Waals surface area contributed by atoms with E-state index in [0.29, 0.717) is 23.2 Å². The second kappa shape index (κ2) is 7.22. The lowest BCUT2D eigenvalue weighted by Gasteiger charge is -2.28. The molecule has 1 aromatic rings. The number of anilines is 2. The summed E-state index contributed by atoms with van der Waals surface area (Å²) in [6, 6.07) is 1.74. The van der Waals surface area contributed by atoms with E-state index in [4.69, 9.17) is 4.74 Å². The predicted molar refractivity (Wildman–Crippen MR) is 99.1 cm³/mol. The molecule has 1 aliphatic carbocycles. The molecule has 0 amide bonds. The van der Waals surface area contributed by atoms with Gasteiger partial charge in [0, 0.05) is 24.7 Å². The molecule has 1 N–H and O–H groups in total. The number of esters is 1. The van der Waals surface area contributed by atoms with Crippen molar-refractivity contribution < 1.29 is 13.9 Å². The summed E-state index contributed by atoms with van der Waals surface area (Å²) in [5.41, 5.74) is 2.66. The van der Waals surface area contributed by atoms with Gasteiger partial charge in [-0.3, -0.25) is 0 Å². The number of hydrogen-bond donors (Lipinski definition) is 1.